The van der Waals surface area contributed by atoms with Crippen molar-refractivity contribution in [2.75, 3.05) is 57.9 Å². The van der Waals surface area contributed by atoms with E-state index in [9.17, 15) is 9.59 Å². The number of aryl methyl sites for hydroxylation is 1. The summed E-state index contributed by atoms with van der Waals surface area (Å²) in [5.41, 5.74) is 3.83. The van der Waals surface area contributed by atoms with Gasteiger partial charge in [0, 0.05) is 45.5 Å². The summed E-state index contributed by atoms with van der Waals surface area (Å²) in [6.45, 7) is 6.75. The first-order valence-electron chi connectivity index (χ1n) is 9.82. The van der Waals surface area contributed by atoms with Gasteiger partial charge in [-0.25, -0.2) is 0 Å². The van der Waals surface area contributed by atoms with Crippen molar-refractivity contribution in [2.45, 2.75) is 25.8 Å². The molecule has 0 spiro atoms. The van der Waals surface area contributed by atoms with Crippen LogP contribution in [0.3, 0.4) is 0 Å². The van der Waals surface area contributed by atoms with Gasteiger partial charge >= 0.3 is 11.8 Å². The van der Waals surface area contributed by atoms with E-state index in [4.69, 9.17) is 4.74 Å². The molecule has 148 valence electrons. The normalized spacial score (nSPS) is 18.5. The minimum Gasteiger partial charge on any atom is -0.379 e. The van der Waals surface area contributed by atoms with Crippen molar-refractivity contribution in [3.05, 3.63) is 29.3 Å². The molecule has 1 atom stereocenters. The number of carbonyl (C=O) groups is 2. The SMILES string of the molecule is CCNC(=O)C(=O)NC[C@H](c1ccc2c(c1)CCCN2C)N1CCOCC1. The lowest BCUT2D eigenvalue weighted by Crippen LogP contribution is -2.46. The molecule has 1 aromatic carbocycles. The second-order valence-electron chi connectivity index (χ2n) is 7.15. The molecule has 2 N–H and O–H groups in total. The van der Waals surface area contributed by atoms with Crippen LogP contribution in [0.4, 0.5) is 5.69 Å². The Morgan fingerprint density at radius 2 is 1.89 bits per heavy atom. The van der Waals surface area contributed by atoms with E-state index in [0.717, 1.165) is 32.5 Å². The van der Waals surface area contributed by atoms with Gasteiger partial charge in [-0.2, -0.15) is 0 Å². The molecule has 1 saturated heterocycles. The van der Waals surface area contributed by atoms with Crippen molar-refractivity contribution in [3.8, 4) is 0 Å². The van der Waals surface area contributed by atoms with Gasteiger partial charge in [0.2, 0.25) is 0 Å². The number of amides is 2. The molecule has 7 heteroatoms. The summed E-state index contributed by atoms with van der Waals surface area (Å²) in [7, 11) is 2.13. The molecule has 1 aromatic rings. The highest BCUT2D eigenvalue weighted by Gasteiger charge is 2.25. The molecule has 27 heavy (non-hydrogen) atoms. The lowest BCUT2D eigenvalue weighted by Gasteiger charge is -2.36. The van der Waals surface area contributed by atoms with Gasteiger partial charge in [-0.05, 0) is 37.0 Å². The lowest BCUT2D eigenvalue weighted by atomic mass is 9.95. The third kappa shape index (κ3) is 4.78. The first-order valence-corrected chi connectivity index (χ1v) is 9.82. The third-order valence-electron chi connectivity index (χ3n) is 5.33. The van der Waals surface area contributed by atoms with E-state index >= 15 is 0 Å². The Balaban J connectivity index is 1.77. The first kappa shape index (κ1) is 19.6. The molecule has 2 amide bonds. The minimum atomic E-state index is -0.578. The van der Waals surface area contributed by atoms with Crippen LogP contribution in [0.15, 0.2) is 18.2 Å². The quantitative estimate of drug-likeness (QED) is 0.742. The summed E-state index contributed by atoms with van der Waals surface area (Å²) in [4.78, 5) is 28.4. The minimum absolute atomic E-state index is 0.0322. The van der Waals surface area contributed by atoms with E-state index in [1.54, 1.807) is 6.92 Å². The van der Waals surface area contributed by atoms with Crippen molar-refractivity contribution in [1.29, 1.82) is 0 Å². The van der Waals surface area contributed by atoms with Crippen LogP contribution in [0, 0.1) is 0 Å². The lowest BCUT2D eigenvalue weighted by molar-refractivity contribution is -0.139. The summed E-state index contributed by atoms with van der Waals surface area (Å²) in [5, 5.41) is 5.35. The molecule has 1 fully saturated rings. The zero-order valence-corrected chi connectivity index (χ0v) is 16.3. The molecule has 0 saturated carbocycles. The predicted octanol–water partition coefficient (Wildman–Crippen LogP) is 0.695. The number of likely N-dealkylation sites (N-methyl/N-ethyl adjacent to an activating group) is 1. The van der Waals surface area contributed by atoms with Gasteiger partial charge in [0.25, 0.3) is 0 Å². The predicted molar refractivity (Wildman–Crippen MR) is 105 cm³/mol. The number of ether oxygens (including phenoxy) is 1. The molecular formula is C20H30N4O3. The smallest absolute Gasteiger partial charge is 0.309 e. The number of anilines is 1. The fourth-order valence-electron chi connectivity index (χ4n) is 3.87. The van der Waals surface area contributed by atoms with Crippen LogP contribution in [-0.4, -0.2) is 69.7 Å². The molecule has 0 unspecified atom stereocenters. The number of benzene rings is 1. The number of morpholine rings is 1. The number of carbonyl (C=O) groups excluding carboxylic acids is 2. The van der Waals surface area contributed by atoms with Crippen molar-refractivity contribution in [1.82, 2.24) is 15.5 Å². The van der Waals surface area contributed by atoms with Crippen LogP contribution >= 0.6 is 0 Å². The molecule has 2 aliphatic heterocycles. The fraction of sp³-hybridized carbons (Fsp3) is 0.600. The molecule has 7 nitrogen and oxygen atoms in total. The van der Waals surface area contributed by atoms with Crippen LogP contribution in [0.5, 0.6) is 0 Å². The van der Waals surface area contributed by atoms with Crippen LogP contribution in [-0.2, 0) is 20.7 Å². The number of hydrogen-bond acceptors (Lipinski definition) is 5. The molecule has 0 bridgehead atoms. The molecule has 2 aliphatic rings. The highest BCUT2D eigenvalue weighted by Crippen LogP contribution is 2.30. The summed E-state index contributed by atoms with van der Waals surface area (Å²) < 4.78 is 5.49. The fourth-order valence-corrected chi connectivity index (χ4v) is 3.87. The second-order valence-corrected chi connectivity index (χ2v) is 7.15. The Hall–Kier alpha value is -2.12. The van der Waals surface area contributed by atoms with Gasteiger partial charge in [0.1, 0.15) is 0 Å². The Kier molecular flexibility index (Phi) is 6.68. The van der Waals surface area contributed by atoms with Gasteiger partial charge in [-0.1, -0.05) is 12.1 Å². The van der Waals surface area contributed by atoms with E-state index in [-0.39, 0.29) is 6.04 Å². The van der Waals surface area contributed by atoms with Crippen LogP contribution in [0.25, 0.3) is 0 Å². The highest BCUT2D eigenvalue weighted by atomic mass is 16.5. The van der Waals surface area contributed by atoms with Gasteiger partial charge in [-0.15, -0.1) is 0 Å². The van der Waals surface area contributed by atoms with E-state index in [1.165, 1.54) is 16.8 Å². The monoisotopic (exact) mass is 374 g/mol. The molecule has 0 aliphatic carbocycles. The first-order chi connectivity index (χ1) is 13.1. The number of rotatable bonds is 5. The van der Waals surface area contributed by atoms with Crippen molar-refractivity contribution in [3.63, 3.8) is 0 Å². The van der Waals surface area contributed by atoms with Crippen molar-refractivity contribution >= 4 is 17.5 Å². The maximum Gasteiger partial charge on any atom is 0.309 e. The van der Waals surface area contributed by atoms with Crippen LogP contribution in [0.1, 0.15) is 30.5 Å². The van der Waals surface area contributed by atoms with Crippen molar-refractivity contribution in [2.24, 2.45) is 0 Å². The Morgan fingerprint density at radius 3 is 2.63 bits per heavy atom. The topological polar surface area (TPSA) is 73.9 Å². The Bertz CT molecular complexity index is 673. The highest BCUT2D eigenvalue weighted by molar-refractivity contribution is 6.35. The summed E-state index contributed by atoms with van der Waals surface area (Å²) >= 11 is 0. The molecule has 0 aromatic heterocycles. The number of fused-ring (bicyclic) bond motifs is 1. The largest absolute Gasteiger partial charge is 0.379 e. The number of nitrogens with one attached hydrogen (secondary N) is 2. The van der Waals surface area contributed by atoms with Gasteiger partial charge in [-0.3, -0.25) is 14.5 Å². The molecular weight excluding hydrogens is 344 g/mol. The third-order valence-corrected chi connectivity index (χ3v) is 5.33. The van der Waals surface area contributed by atoms with E-state index in [0.29, 0.717) is 26.3 Å². The number of hydrogen-bond donors (Lipinski definition) is 2. The van der Waals surface area contributed by atoms with Crippen LogP contribution in [0.2, 0.25) is 0 Å². The average Bonchev–Trinajstić information content (AvgIpc) is 2.69. The zero-order chi connectivity index (χ0) is 19.2. The standard InChI is InChI=1S/C20H30N4O3/c1-3-21-19(25)20(26)22-14-18(24-9-11-27-12-10-24)16-6-7-17-15(13-16)5-4-8-23(17)2/h6-7,13,18H,3-5,8-12,14H2,1-2H3,(H,21,25)(H,22,26)/t18-/m1/s1. The average molecular weight is 374 g/mol. The molecule has 0 radical (unpaired) electrons. The Labute approximate surface area is 161 Å². The van der Waals surface area contributed by atoms with E-state index in [2.05, 4.69) is 45.7 Å². The van der Waals surface area contributed by atoms with E-state index < -0.39 is 11.8 Å². The number of nitrogens with zero attached hydrogens (tertiary/aromatic N) is 2. The second kappa shape index (κ2) is 9.19. The van der Waals surface area contributed by atoms with Crippen molar-refractivity contribution < 1.29 is 14.3 Å². The summed E-state index contributed by atoms with van der Waals surface area (Å²) in [6, 6.07) is 6.63. The van der Waals surface area contributed by atoms with Gasteiger partial charge in [0.05, 0.1) is 19.3 Å². The van der Waals surface area contributed by atoms with E-state index in [1.807, 2.05) is 0 Å². The summed E-state index contributed by atoms with van der Waals surface area (Å²) in [5.74, 6) is -1.15. The summed E-state index contributed by atoms with van der Waals surface area (Å²) in [6.07, 6.45) is 2.23. The molecule has 3 rings (SSSR count). The Morgan fingerprint density at radius 1 is 1.15 bits per heavy atom. The van der Waals surface area contributed by atoms with Crippen LogP contribution < -0.4 is 15.5 Å². The van der Waals surface area contributed by atoms with Gasteiger partial charge in [0.15, 0.2) is 0 Å². The maximum absolute atomic E-state index is 12.1. The zero-order valence-electron chi connectivity index (χ0n) is 16.3. The molecule has 2 heterocycles. The van der Waals surface area contributed by atoms with Gasteiger partial charge < -0.3 is 20.3 Å². The maximum atomic E-state index is 12.1.